The summed E-state index contributed by atoms with van der Waals surface area (Å²) in [6.45, 7) is 0. The molecule has 2 atom stereocenters. The Labute approximate surface area is 103 Å². The summed E-state index contributed by atoms with van der Waals surface area (Å²) < 4.78 is 1.79. The molecule has 2 aromatic rings. The molecule has 0 saturated carbocycles. The lowest BCUT2D eigenvalue weighted by Crippen LogP contribution is -2.33. The second kappa shape index (κ2) is 4.99. The normalized spacial score (nSPS) is 14.1. The number of aliphatic hydroxyl groups excluding tert-OH is 2. The van der Waals surface area contributed by atoms with Gasteiger partial charge in [0, 0.05) is 18.1 Å². The molecule has 18 heavy (non-hydrogen) atoms. The van der Waals surface area contributed by atoms with E-state index in [1.165, 1.54) is 0 Å². The summed E-state index contributed by atoms with van der Waals surface area (Å²) in [6.07, 6.45) is 2.15. The van der Waals surface area contributed by atoms with Crippen LogP contribution < -0.4 is 5.73 Å². The predicted molar refractivity (Wildman–Crippen MR) is 63.7 cm³/mol. The summed E-state index contributed by atoms with van der Waals surface area (Å²) in [5.74, 6) is -0.957. The molecule has 0 aliphatic carbocycles. The van der Waals surface area contributed by atoms with Crippen LogP contribution in [0.1, 0.15) is 11.7 Å². The molecule has 2 unspecified atom stereocenters. The number of hydrogen-bond donors (Lipinski definition) is 3. The molecule has 0 radical (unpaired) electrons. The standard InChI is InChI=1S/C12H13N3O3/c13-12(18)11(17)10(16)8-1-3-9(4-2-8)15-6-5-14-7-15/h1-7,10-11,16-17H,(H2,13,18). The van der Waals surface area contributed by atoms with Crippen LogP contribution in [0.4, 0.5) is 0 Å². The Balaban J connectivity index is 2.20. The van der Waals surface area contributed by atoms with Crippen LogP contribution in [-0.2, 0) is 4.79 Å². The second-order valence-corrected chi connectivity index (χ2v) is 3.85. The fourth-order valence-electron chi connectivity index (χ4n) is 1.59. The molecule has 4 N–H and O–H groups in total. The van der Waals surface area contributed by atoms with Crippen LogP contribution in [0.5, 0.6) is 0 Å². The van der Waals surface area contributed by atoms with Crippen molar-refractivity contribution < 1.29 is 15.0 Å². The van der Waals surface area contributed by atoms with Gasteiger partial charge < -0.3 is 20.5 Å². The molecule has 0 aliphatic rings. The third-order valence-corrected chi connectivity index (χ3v) is 2.63. The average molecular weight is 247 g/mol. The molecule has 2 rings (SSSR count). The van der Waals surface area contributed by atoms with E-state index in [2.05, 4.69) is 4.98 Å². The second-order valence-electron chi connectivity index (χ2n) is 3.85. The number of imidazole rings is 1. The SMILES string of the molecule is NC(=O)C(O)C(O)c1ccc(-n2ccnc2)cc1. The molecule has 0 aliphatic heterocycles. The van der Waals surface area contributed by atoms with E-state index >= 15 is 0 Å². The third kappa shape index (κ3) is 2.39. The molecule has 0 bridgehead atoms. The average Bonchev–Trinajstić information content (AvgIpc) is 2.91. The summed E-state index contributed by atoms with van der Waals surface area (Å²) in [7, 11) is 0. The van der Waals surface area contributed by atoms with Crippen molar-refractivity contribution in [2.45, 2.75) is 12.2 Å². The summed E-state index contributed by atoms with van der Waals surface area (Å²) >= 11 is 0. The summed E-state index contributed by atoms with van der Waals surface area (Å²) in [5.41, 5.74) is 6.20. The maximum Gasteiger partial charge on any atom is 0.249 e. The van der Waals surface area contributed by atoms with Gasteiger partial charge in [-0.15, -0.1) is 0 Å². The molecular formula is C12H13N3O3. The van der Waals surface area contributed by atoms with Crippen LogP contribution in [-0.4, -0.2) is 31.8 Å². The van der Waals surface area contributed by atoms with Crippen LogP contribution in [0.3, 0.4) is 0 Å². The van der Waals surface area contributed by atoms with E-state index in [9.17, 15) is 15.0 Å². The molecule has 0 saturated heterocycles. The van der Waals surface area contributed by atoms with E-state index < -0.39 is 18.1 Å². The van der Waals surface area contributed by atoms with Gasteiger partial charge in [0.2, 0.25) is 5.91 Å². The Morgan fingerprint density at radius 3 is 2.44 bits per heavy atom. The van der Waals surface area contributed by atoms with Crippen molar-refractivity contribution in [2.24, 2.45) is 5.73 Å². The van der Waals surface area contributed by atoms with Gasteiger partial charge in [-0.3, -0.25) is 4.79 Å². The Kier molecular flexibility index (Phi) is 3.40. The summed E-state index contributed by atoms with van der Waals surface area (Å²) in [5, 5.41) is 19.1. The molecular weight excluding hydrogens is 234 g/mol. The van der Waals surface area contributed by atoms with Crippen molar-refractivity contribution in [3.05, 3.63) is 48.5 Å². The zero-order valence-corrected chi connectivity index (χ0v) is 9.47. The van der Waals surface area contributed by atoms with E-state index in [-0.39, 0.29) is 0 Å². The van der Waals surface area contributed by atoms with Gasteiger partial charge in [0.15, 0.2) is 6.10 Å². The minimum atomic E-state index is -1.61. The molecule has 0 spiro atoms. The Hall–Kier alpha value is -2.18. The molecule has 1 heterocycles. The number of carbonyl (C=O) groups excluding carboxylic acids is 1. The Morgan fingerprint density at radius 2 is 1.94 bits per heavy atom. The number of carbonyl (C=O) groups is 1. The van der Waals surface area contributed by atoms with E-state index in [4.69, 9.17) is 5.73 Å². The monoisotopic (exact) mass is 247 g/mol. The van der Waals surface area contributed by atoms with Crippen molar-refractivity contribution in [1.82, 2.24) is 9.55 Å². The van der Waals surface area contributed by atoms with Crippen molar-refractivity contribution in [1.29, 1.82) is 0 Å². The van der Waals surface area contributed by atoms with Gasteiger partial charge in [-0.25, -0.2) is 4.98 Å². The molecule has 1 aromatic heterocycles. The Bertz CT molecular complexity index is 522. The number of rotatable bonds is 4. The third-order valence-electron chi connectivity index (χ3n) is 2.63. The van der Waals surface area contributed by atoms with Gasteiger partial charge in [0.1, 0.15) is 6.10 Å². The van der Waals surface area contributed by atoms with Gasteiger partial charge in [-0.1, -0.05) is 12.1 Å². The number of aromatic nitrogens is 2. The van der Waals surface area contributed by atoms with Gasteiger partial charge in [-0.2, -0.15) is 0 Å². The maximum absolute atomic E-state index is 10.8. The molecule has 94 valence electrons. The number of benzene rings is 1. The smallest absolute Gasteiger partial charge is 0.249 e. The minimum Gasteiger partial charge on any atom is -0.385 e. The van der Waals surface area contributed by atoms with Gasteiger partial charge in [-0.05, 0) is 17.7 Å². The molecule has 0 fully saturated rings. The van der Waals surface area contributed by atoms with Crippen LogP contribution in [0, 0.1) is 0 Å². The highest BCUT2D eigenvalue weighted by molar-refractivity contribution is 5.79. The first kappa shape index (κ1) is 12.3. The van der Waals surface area contributed by atoms with Gasteiger partial charge in [0.05, 0.1) is 6.33 Å². The molecule has 1 aromatic carbocycles. The van der Waals surface area contributed by atoms with Crippen molar-refractivity contribution in [2.75, 3.05) is 0 Å². The van der Waals surface area contributed by atoms with Gasteiger partial charge >= 0.3 is 0 Å². The lowest BCUT2D eigenvalue weighted by molar-refractivity contribution is -0.131. The Morgan fingerprint density at radius 1 is 1.28 bits per heavy atom. The number of primary amides is 1. The summed E-state index contributed by atoms with van der Waals surface area (Å²) in [6, 6.07) is 6.72. The van der Waals surface area contributed by atoms with Crippen molar-refractivity contribution in [3.63, 3.8) is 0 Å². The zero-order valence-electron chi connectivity index (χ0n) is 9.47. The lowest BCUT2D eigenvalue weighted by Gasteiger charge is -2.15. The first-order valence-electron chi connectivity index (χ1n) is 5.33. The van der Waals surface area contributed by atoms with Gasteiger partial charge in [0.25, 0.3) is 0 Å². The van der Waals surface area contributed by atoms with E-state index in [0.29, 0.717) is 5.56 Å². The zero-order chi connectivity index (χ0) is 13.1. The van der Waals surface area contributed by atoms with Crippen LogP contribution >= 0.6 is 0 Å². The fraction of sp³-hybridized carbons (Fsp3) is 0.167. The van der Waals surface area contributed by atoms with Crippen molar-refractivity contribution >= 4 is 5.91 Å². The summed E-state index contributed by atoms with van der Waals surface area (Å²) in [4.78, 5) is 14.7. The number of hydrogen-bond acceptors (Lipinski definition) is 4. The highest BCUT2D eigenvalue weighted by Crippen LogP contribution is 2.18. The highest BCUT2D eigenvalue weighted by Gasteiger charge is 2.23. The lowest BCUT2D eigenvalue weighted by atomic mass is 10.0. The fourth-order valence-corrected chi connectivity index (χ4v) is 1.59. The first-order chi connectivity index (χ1) is 8.59. The molecule has 1 amide bonds. The topological polar surface area (TPSA) is 101 Å². The number of nitrogens with two attached hydrogens (primary N) is 1. The van der Waals surface area contributed by atoms with Crippen molar-refractivity contribution in [3.8, 4) is 5.69 Å². The quantitative estimate of drug-likeness (QED) is 0.693. The first-order valence-corrected chi connectivity index (χ1v) is 5.33. The molecule has 6 heteroatoms. The number of nitrogens with zero attached hydrogens (tertiary/aromatic N) is 2. The number of amides is 1. The van der Waals surface area contributed by atoms with E-state index in [1.54, 1.807) is 47.6 Å². The van der Waals surface area contributed by atoms with Crippen LogP contribution in [0.25, 0.3) is 5.69 Å². The number of aliphatic hydroxyl groups is 2. The predicted octanol–water partition coefficient (Wildman–Crippen LogP) is -0.248. The van der Waals surface area contributed by atoms with E-state index in [0.717, 1.165) is 5.69 Å². The molecule has 6 nitrogen and oxygen atoms in total. The van der Waals surface area contributed by atoms with E-state index in [1.807, 2.05) is 0 Å². The highest BCUT2D eigenvalue weighted by atomic mass is 16.3. The van der Waals surface area contributed by atoms with Crippen LogP contribution in [0.15, 0.2) is 43.0 Å². The largest absolute Gasteiger partial charge is 0.385 e. The van der Waals surface area contributed by atoms with Crippen LogP contribution in [0.2, 0.25) is 0 Å². The minimum absolute atomic E-state index is 0.421. The maximum atomic E-state index is 10.8.